The summed E-state index contributed by atoms with van der Waals surface area (Å²) in [5, 5.41) is 0. The van der Waals surface area contributed by atoms with Crippen molar-refractivity contribution in [2.75, 3.05) is 151 Å². The Bertz CT molecular complexity index is 1120. The Kier molecular flexibility index (Phi) is 62.4. The molecule has 0 spiro atoms. The molecule has 8 unspecified atom stereocenters. The summed E-state index contributed by atoms with van der Waals surface area (Å²) in [5.41, 5.74) is 0. The van der Waals surface area contributed by atoms with Crippen LogP contribution in [0.1, 0.15) is 209 Å². The van der Waals surface area contributed by atoms with E-state index in [2.05, 4.69) is 188 Å². The van der Waals surface area contributed by atoms with Crippen molar-refractivity contribution >= 4 is 23.2 Å². The maximum Gasteiger partial charge on any atom is 0.128 e. The molecule has 1 saturated heterocycles. The van der Waals surface area contributed by atoms with Gasteiger partial charge in [-0.15, -0.1) is 23.2 Å². The van der Waals surface area contributed by atoms with Crippen LogP contribution >= 0.6 is 23.2 Å². The molecular formula is C62H140Cl6N8. The summed E-state index contributed by atoms with van der Waals surface area (Å²) in [4.78, 5) is 9.51. The monoisotopic (exact) mass is 1210 g/mol. The van der Waals surface area contributed by atoms with Crippen molar-refractivity contribution in [3.05, 3.63) is 0 Å². The van der Waals surface area contributed by atoms with Crippen LogP contribution in [0.15, 0.2) is 0 Å². The first-order valence-corrected chi connectivity index (χ1v) is 31.8. The van der Waals surface area contributed by atoms with Gasteiger partial charge in [0.05, 0.1) is 80.5 Å². The first kappa shape index (κ1) is 91.2. The largest absolute Gasteiger partial charge is 1.00 e. The normalized spacial score (nSPS) is 22.3. The van der Waals surface area contributed by atoms with E-state index in [0.29, 0.717) is 11.8 Å². The molecule has 470 valence electrons. The Morgan fingerprint density at radius 1 is 0.355 bits per heavy atom. The molecule has 0 aromatic heterocycles. The molecular weight excluding hydrogens is 1070 g/mol. The summed E-state index contributed by atoms with van der Waals surface area (Å²) in [6.07, 6.45) is 32.2. The van der Waals surface area contributed by atoms with Gasteiger partial charge < -0.3 is 87.2 Å². The van der Waals surface area contributed by atoms with Crippen LogP contribution < -0.4 is 49.6 Å². The molecule has 8 atom stereocenters. The second-order valence-corrected chi connectivity index (χ2v) is 26.7. The molecule has 8 nitrogen and oxygen atoms in total. The number of alkyl halides is 2. The van der Waals surface area contributed by atoms with Gasteiger partial charge in [-0.3, -0.25) is 0 Å². The minimum atomic E-state index is 0. The van der Waals surface area contributed by atoms with Crippen molar-refractivity contribution < 1.29 is 67.6 Å². The van der Waals surface area contributed by atoms with E-state index >= 15 is 0 Å². The lowest BCUT2D eigenvalue weighted by Gasteiger charge is -2.45. The lowest BCUT2D eigenvalue weighted by Crippen LogP contribution is -3.00. The molecule has 76 heavy (non-hydrogen) atoms. The van der Waals surface area contributed by atoms with E-state index in [1.54, 1.807) is 0 Å². The van der Waals surface area contributed by atoms with Crippen LogP contribution in [0.25, 0.3) is 0 Å². The molecule has 0 N–H and O–H groups in total. The summed E-state index contributed by atoms with van der Waals surface area (Å²) in [7, 11) is 37.9. The summed E-state index contributed by atoms with van der Waals surface area (Å²) in [6.45, 7) is 24.0. The first-order chi connectivity index (χ1) is 33.6. The zero-order valence-corrected chi connectivity index (χ0v) is 60.2. The van der Waals surface area contributed by atoms with E-state index in [0.717, 1.165) is 48.3 Å². The van der Waals surface area contributed by atoms with Crippen LogP contribution in [0.3, 0.4) is 0 Å². The molecule has 0 aliphatic carbocycles. The van der Waals surface area contributed by atoms with Crippen molar-refractivity contribution in [3.63, 3.8) is 0 Å². The molecule has 0 saturated carbocycles. The van der Waals surface area contributed by atoms with E-state index in [4.69, 9.17) is 23.2 Å². The lowest BCUT2D eigenvalue weighted by molar-refractivity contribution is -0.971. The van der Waals surface area contributed by atoms with Crippen LogP contribution in [-0.4, -0.2) is 237 Å². The molecule has 0 aromatic carbocycles. The van der Waals surface area contributed by atoms with Gasteiger partial charge in [0.25, 0.3) is 0 Å². The SMILES string of the molecule is CCCC(CCCC(CC)N(C)C)N(C)C.CCCC(CCCC(CC)N(C)C)N(C)C.CCCC1CCCC(CC)[N+](C)(C)CC[N+](C)(C)C(CC)CCCC(CCC)[N+](C)(C)CC[N+]1(C)C.ClCCCl.[Cl-].[Cl-].[Cl-].[Cl-]. The minimum absolute atomic E-state index is 0. The van der Waals surface area contributed by atoms with Crippen LogP contribution in [0.2, 0.25) is 0 Å². The maximum atomic E-state index is 5.05. The molecule has 1 rings (SSSR count). The standard InChI is InChI=1S/C32H72N4.2C14H32N2.C2H4Cl2.4ClH/c1-13-19-31-23-17-21-29(15-3)33(5,6)25-26-34(7,8)30(16-4)22-18-24-32(20-14-2)36(11,12)28-27-35(31,9)10;2*1-7-10-14(16(5)6)12-9-11-13(8-2)15(3)4;3-1-2-4;;;;/h29-32H,13-28H2,1-12H3;2*13-14H,7-12H2,1-6H3;1-2H2;4*1H/q+4;;;;;;;/p-4. The fourth-order valence-electron chi connectivity index (χ4n) is 12.2. The third-order valence-electron chi connectivity index (χ3n) is 18.1. The second-order valence-electron chi connectivity index (χ2n) is 26.0. The fraction of sp³-hybridized carbons (Fsp3) is 1.00. The van der Waals surface area contributed by atoms with Gasteiger partial charge in [0.1, 0.15) is 26.2 Å². The van der Waals surface area contributed by atoms with Crippen molar-refractivity contribution in [3.8, 4) is 0 Å². The number of hydrogen-bond acceptors (Lipinski definition) is 4. The number of quaternary nitrogens is 4. The topological polar surface area (TPSA) is 13.0 Å². The van der Waals surface area contributed by atoms with Gasteiger partial charge in [-0.1, -0.05) is 93.9 Å². The van der Waals surface area contributed by atoms with E-state index in [1.165, 1.54) is 198 Å². The van der Waals surface area contributed by atoms with Gasteiger partial charge in [0.15, 0.2) is 0 Å². The van der Waals surface area contributed by atoms with Gasteiger partial charge >= 0.3 is 0 Å². The van der Waals surface area contributed by atoms with E-state index < -0.39 is 0 Å². The highest BCUT2D eigenvalue weighted by Crippen LogP contribution is 2.28. The summed E-state index contributed by atoms with van der Waals surface area (Å²) in [6, 6.07) is 6.27. The molecule has 0 radical (unpaired) electrons. The van der Waals surface area contributed by atoms with Crippen molar-refractivity contribution in [2.45, 2.75) is 258 Å². The second kappa shape index (κ2) is 52.0. The quantitative estimate of drug-likeness (QED) is 0.103. The van der Waals surface area contributed by atoms with Crippen molar-refractivity contribution in [1.29, 1.82) is 0 Å². The average Bonchev–Trinajstić information content (AvgIpc) is 3.31. The number of nitrogens with zero attached hydrogens (tertiary/aromatic N) is 8. The highest BCUT2D eigenvalue weighted by atomic mass is 35.5. The Balaban J connectivity index is -0.000000199. The van der Waals surface area contributed by atoms with E-state index in [9.17, 15) is 0 Å². The molecule has 1 heterocycles. The molecule has 14 heteroatoms. The molecule has 1 aliphatic rings. The lowest BCUT2D eigenvalue weighted by atomic mass is 9.95. The maximum absolute atomic E-state index is 5.05. The molecule has 0 bridgehead atoms. The fourth-order valence-corrected chi connectivity index (χ4v) is 12.2. The average molecular weight is 1210 g/mol. The minimum Gasteiger partial charge on any atom is -1.00 e. The highest BCUT2D eigenvalue weighted by molar-refractivity contribution is 6.25. The Morgan fingerprint density at radius 2 is 0.592 bits per heavy atom. The zero-order valence-electron chi connectivity index (χ0n) is 55.7. The summed E-state index contributed by atoms with van der Waals surface area (Å²) < 4.78 is 4.78. The summed E-state index contributed by atoms with van der Waals surface area (Å²) in [5.74, 6) is 1.11. The highest BCUT2D eigenvalue weighted by Gasteiger charge is 2.37. The van der Waals surface area contributed by atoms with Gasteiger partial charge in [-0.05, 0) is 172 Å². The number of hydrogen-bond donors (Lipinski definition) is 0. The Hall–Kier alpha value is 1.42. The van der Waals surface area contributed by atoms with Crippen molar-refractivity contribution in [2.24, 2.45) is 0 Å². The van der Waals surface area contributed by atoms with E-state index in [-0.39, 0.29) is 49.6 Å². The van der Waals surface area contributed by atoms with Gasteiger partial charge in [0.2, 0.25) is 0 Å². The van der Waals surface area contributed by atoms with Crippen molar-refractivity contribution in [1.82, 2.24) is 19.6 Å². The van der Waals surface area contributed by atoms with Crippen LogP contribution in [0.4, 0.5) is 0 Å². The van der Waals surface area contributed by atoms with Gasteiger partial charge in [-0.2, -0.15) is 0 Å². The van der Waals surface area contributed by atoms with Crippen LogP contribution in [0.5, 0.6) is 0 Å². The molecule has 1 aliphatic heterocycles. The predicted molar refractivity (Wildman–Crippen MR) is 331 cm³/mol. The van der Waals surface area contributed by atoms with Crippen LogP contribution in [-0.2, 0) is 0 Å². The first-order valence-electron chi connectivity index (χ1n) is 30.7. The van der Waals surface area contributed by atoms with Crippen LogP contribution in [0, 0.1) is 0 Å². The number of halogens is 6. The molecule has 0 aromatic rings. The van der Waals surface area contributed by atoms with E-state index in [1.807, 2.05) is 0 Å². The summed E-state index contributed by atoms with van der Waals surface area (Å²) >= 11 is 10.1. The Morgan fingerprint density at radius 3 is 0.789 bits per heavy atom. The number of rotatable bonds is 25. The molecule has 1 fully saturated rings. The third-order valence-corrected chi connectivity index (χ3v) is 18.7. The predicted octanol–water partition coefficient (Wildman–Crippen LogP) is 2.48. The van der Waals surface area contributed by atoms with Gasteiger partial charge in [0, 0.05) is 35.9 Å². The Labute approximate surface area is 515 Å². The third kappa shape index (κ3) is 41.4. The zero-order chi connectivity index (χ0) is 56.1. The smallest absolute Gasteiger partial charge is 0.128 e. The molecule has 0 amide bonds. The van der Waals surface area contributed by atoms with Gasteiger partial charge in [-0.25, -0.2) is 0 Å². The number of likely N-dealkylation sites (N-methyl/N-ethyl adjacent to an activating group) is 4.